The molecule has 1 fully saturated rings. The van der Waals surface area contributed by atoms with E-state index < -0.39 is 0 Å². The summed E-state index contributed by atoms with van der Waals surface area (Å²) in [7, 11) is 0. The molecule has 3 nitrogen and oxygen atoms in total. The number of carbonyl (C=O) groups excluding carboxylic acids is 1. The first-order valence-electron chi connectivity index (χ1n) is 7.73. The van der Waals surface area contributed by atoms with Crippen molar-refractivity contribution in [3.05, 3.63) is 23.3 Å². The van der Waals surface area contributed by atoms with Crippen molar-refractivity contribution in [3.8, 4) is 0 Å². The molecule has 0 spiro atoms. The monoisotopic (exact) mass is 274 g/mol. The highest BCUT2D eigenvalue weighted by Crippen LogP contribution is 2.28. The van der Waals surface area contributed by atoms with Gasteiger partial charge in [-0.25, -0.2) is 0 Å². The fraction of sp³-hybridized carbons (Fsp3) is 0.588. The number of nitrogens with two attached hydrogens (primary N) is 1. The molecule has 0 bridgehead atoms. The Kier molecular flexibility index (Phi) is 5.05. The SMILES string of the molecule is Cc1cc(N)cc(C)c1NC(=O)CCC1CCCCC1. The maximum atomic E-state index is 12.1. The molecule has 0 radical (unpaired) electrons. The van der Waals surface area contributed by atoms with E-state index in [4.69, 9.17) is 5.73 Å². The number of rotatable bonds is 4. The Balaban J connectivity index is 1.88. The van der Waals surface area contributed by atoms with E-state index in [9.17, 15) is 4.79 Å². The molecule has 0 heterocycles. The molecule has 0 aromatic heterocycles. The van der Waals surface area contributed by atoms with Gasteiger partial charge in [-0.15, -0.1) is 0 Å². The molecule has 1 aromatic carbocycles. The summed E-state index contributed by atoms with van der Waals surface area (Å²) in [5.74, 6) is 0.884. The molecular weight excluding hydrogens is 248 g/mol. The molecule has 1 amide bonds. The predicted octanol–water partition coefficient (Wildman–Crippen LogP) is 4.18. The number of carbonyl (C=O) groups is 1. The van der Waals surface area contributed by atoms with Crippen LogP contribution in [0.4, 0.5) is 11.4 Å². The van der Waals surface area contributed by atoms with E-state index >= 15 is 0 Å². The molecule has 1 aromatic rings. The summed E-state index contributed by atoms with van der Waals surface area (Å²) >= 11 is 0. The van der Waals surface area contributed by atoms with E-state index in [1.54, 1.807) is 0 Å². The van der Waals surface area contributed by atoms with Gasteiger partial charge in [0.1, 0.15) is 0 Å². The Labute approximate surface area is 121 Å². The van der Waals surface area contributed by atoms with Crippen LogP contribution in [-0.4, -0.2) is 5.91 Å². The van der Waals surface area contributed by atoms with Crippen molar-refractivity contribution in [2.45, 2.75) is 58.8 Å². The van der Waals surface area contributed by atoms with Gasteiger partial charge in [0.15, 0.2) is 0 Å². The van der Waals surface area contributed by atoms with Gasteiger partial charge in [-0.1, -0.05) is 32.1 Å². The van der Waals surface area contributed by atoms with E-state index in [2.05, 4.69) is 5.32 Å². The second-order valence-corrected chi connectivity index (χ2v) is 6.12. The van der Waals surface area contributed by atoms with E-state index in [1.807, 2.05) is 26.0 Å². The third kappa shape index (κ3) is 3.99. The Morgan fingerprint density at radius 2 is 1.80 bits per heavy atom. The van der Waals surface area contributed by atoms with Crippen molar-refractivity contribution in [2.24, 2.45) is 5.92 Å². The van der Waals surface area contributed by atoms with Gasteiger partial charge in [0.05, 0.1) is 0 Å². The Bertz CT molecular complexity index is 453. The highest BCUT2D eigenvalue weighted by Gasteiger charge is 2.15. The lowest BCUT2D eigenvalue weighted by Crippen LogP contribution is -2.16. The van der Waals surface area contributed by atoms with Crippen LogP contribution in [0.2, 0.25) is 0 Å². The number of aryl methyl sites for hydroxylation is 2. The number of hydrogen-bond acceptors (Lipinski definition) is 2. The Hall–Kier alpha value is -1.51. The first-order chi connectivity index (χ1) is 9.56. The summed E-state index contributed by atoms with van der Waals surface area (Å²) in [6.45, 7) is 3.97. The van der Waals surface area contributed by atoms with Crippen LogP contribution in [0.1, 0.15) is 56.1 Å². The minimum atomic E-state index is 0.131. The molecular formula is C17H26N2O. The van der Waals surface area contributed by atoms with Gasteiger partial charge >= 0.3 is 0 Å². The summed E-state index contributed by atoms with van der Waals surface area (Å²) in [6.07, 6.45) is 8.30. The molecule has 2 rings (SSSR count). The topological polar surface area (TPSA) is 55.1 Å². The average molecular weight is 274 g/mol. The molecule has 110 valence electrons. The lowest BCUT2D eigenvalue weighted by Gasteiger charge is -2.21. The first-order valence-corrected chi connectivity index (χ1v) is 7.73. The van der Waals surface area contributed by atoms with E-state index in [1.165, 1.54) is 32.1 Å². The molecule has 3 heteroatoms. The molecule has 0 unspecified atom stereocenters. The van der Waals surface area contributed by atoms with Crippen LogP contribution in [0.3, 0.4) is 0 Å². The van der Waals surface area contributed by atoms with Crippen molar-refractivity contribution < 1.29 is 4.79 Å². The fourth-order valence-electron chi connectivity index (χ4n) is 3.21. The minimum absolute atomic E-state index is 0.131. The fourth-order valence-corrected chi connectivity index (χ4v) is 3.21. The van der Waals surface area contributed by atoms with Crippen LogP contribution in [0, 0.1) is 19.8 Å². The molecule has 1 saturated carbocycles. The maximum Gasteiger partial charge on any atom is 0.224 e. The maximum absolute atomic E-state index is 12.1. The van der Waals surface area contributed by atoms with Crippen LogP contribution in [-0.2, 0) is 4.79 Å². The van der Waals surface area contributed by atoms with Crippen LogP contribution < -0.4 is 11.1 Å². The third-order valence-corrected chi connectivity index (χ3v) is 4.32. The molecule has 20 heavy (non-hydrogen) atoms. The number of nitrogen functional groups attached to an aromatic ring is 1. The second-order valence-electron chi connectivity index (χ2n) is 6.12. The van der Waals surface area contributed by atoms with Crippen molar-refractivity contribution in [3.63, 3.8) is 0 Å². The number of anilines is 2. The lowest BCUT2D eigenvalue weighted by molar-refractivity contribution is -0.116. The van der Waals surface area contributed by atoms with Crippen LogP contribution >= 0.6 is 0 Å². The number of nitrogens with one attached hydrogen (secondary N) is 1. The van der Waals surface area contributed by atoms with Crippen molar-refractivity contribution in [2.75, 3.05) is 11.1 Å². The van der Waals surface area contributed by atoms with Crippen molar-refractivity contribution in [1.29, 1.82) is 0 Å². The highest BCUT2D eigenvalue weighted by atomic mass is 16.1. The number of benzene rings is 1. The molecule has 0 saturated heterocycles. The number of amides is 1. The van der Waals surface area contributed by atoms with Crippen molar-refractivity contribution >= 4 is 17.3 Å². The molecule has 1 aliphatic rings. The van der Waals surface area contributed by atoms with Crippen LogP contribution in [0.25, 0.3) is 0 Å². The summed E-state index contributed by atoms with van der Waals surface area (Å²) in [4.78, 5) is 12.1. The van der Waals surface area contributed by atoms with E-state index in [0.29, 0.717) is 6.42 Å². The summed E-state index contributed by atoms with van der Waals surface area (Å²) in [5, 5.41) is 3.05. The smallest absolute Gasteiger partial charge is 0.224 e. The van der Waals surface area contributed by atoms with Gasteiger partial charge in [-0.05, 0) is 49.4 Å². The highest BCUT2D eigenvalue weighted by molar-refractivity contribution is 5.92. The van der Waals surface area contributed by atoms with E-state index in [0.717, 1.165) is 34.8 Å². The van der Waals surface area contributed by atoms with Gasteiger partial charge in [0.2, 0.25) is 5.91 Å². The zero-order chi connectivity index (χ0) is 14.5. The van der Waals surface area contributed by atoms with Crippen molar-refractivity contribution in [1.82, 2.24) is 0 Å². The summed E-state index contributed by atoms with van der Waals surface area (Å²) < 4.78 is 0. The standard InChI is InChI=1S/C17H26N2O/c1-12-10-15(18)11-13(2)17(12)19-16(20)9-8-14-6-4-3-5-7-14/h10-11,14H,3-9,18H2,1-2H3,(H,19,20). The quantitative estimate of drug-likeness (QED) is 0.809. The van der Waals surface area contributed by atoms with E-state index in [-0.39, 0.29) is 5.91 Å². The van der Waals surface area contributed by atoms with Gasteiger partial charge in [0.25, 0.3) is 0 Å². The average Bonchev–Trinajstić information content (AvgIpc) is 2.42. The second kappa shape index (κ2) is 6.78. The van der Waals surface area contributed by atoms with Crippen LogP contribution in [0.15, 0.2) is 12.1 Å². The minimum Gasteiger partial charge on any atom is -0.399 e. The Morgan fingerprint density at radius 1 is 1.20 bits per heavy atom. The molecule has 0 atom stereocenters. The largest absolute Gasteiger partial charge is 0.399 e. The summed E-state index contributed by atoms with van der Waals surface area (Å²) in [6, 6.07) is 3.81. The normalized spacial score (nSPS) is 16.1. The van der Waals surface area contributed by atoms with Gasteiger partial charge < -0.3 is 11.1 Å². The van der Waals surface area contributed by atoms with Gasteiger partial charge in [0, 0.05) is 17.8 Å². The Morgan fingerprint density at radius 3 is 2.40 bits per heavy atom. The van der Waals surface area contributed by atoms with Gasteiger partial charge in [-0.2, -0.15) is 0 Å². The number of hydrogen-bond donors (Lipinski definition) is 2. The molecule has 0 aliphatic heterocycles. The lowest BCUT2D eigenvalue weighted by atomic mass is 9.86. The zero-order valence-electron chi connectivity index (χ0n) is 12.7. The zero-order valence-corrected chi connectivity index (χ0v) is 12.7. The first kappa shape index (κ1) is 14.9. The predicted molar refractivity (Wildman–Crippen MR) is 84.8 cm³/mol. The molecule has 1 aliphatic carbocycles. The van der Waals surface area contributed by atoms with Crippen LogP contribution in [0.5, 0.6) is 0 Å². The third-order valence-electron chi connectivity index (χ3n) is 4.32. The summed E-state index contributed by atoms with van der Waals surface area (Å²) in [5.41, 5.74) is 9.55. The van der Waals surface area contributed by atoms with Gasteiger partial charge in [-0.3, -0.25) is 4.79 Å². The molecule has 3 N–H and O–H groups in total.